The molecule has 0 aliphatic carbocycles. The van der Waals surface area contributed by atoms with Crippen LogP contribution in [0.2, 0.25) is 0 Å². The number of benzene rings is 1. The predicted octanol–water partition coefficient (Wildman–Crippen LogP) is 3.03. The van der Waals surface area contributed by atoms with Crippen LogP contribution in [0.5, 0.6) is 0 Å². The molecule has 0 saturated heterocycles. The fourth-order valence-corrected chi connectivity index (χ4v) is 2.74. The van der Waals surface area contributed by atoms with E-state index in [4.69, 9.17) is 4.42 Å². The molecule has 4 nitrogen and oxygen atoms in total. The Labute approximate surface area is 126 Å². The zero-order valence-corrected chi connectivity index (χ0v) is 13.2. The van der Waals surface area contributed by atoms with Gasteiger partial charge in [-0.25, -0.2) is 8.42 Å². The molecule has 1 aromatic heterocycles. The normalized spacial score (nSPS) is 13.2. The molecule has 1 unspecified atom stereocenters. The van der Waals surface area contributed by atoms with Crippen molar-refractivity contribution in [3.63, 3.8) is 0 Å². The third-order valence-electron chi connectivity index (χ3n) is 3.42. The summed E-state index contributed by atoms with van der Waals surface area (Å²) < 4.78 is 28.7. The van der Waals surface area contributed by atoms with Gasteiger partial charge in [-0.05, 0) is 19.1 Å². The van der Waals surface area contributed by atoms with E-state index in [9.17, 15) is 8.42 Å². The number of hydrogen-bond donors (Lipinski definition) is 1. The second-order valence-corrected chi connectivity index (χ2v) is 7.45. The number of nitrogens with one attached hydrogen (secondary N) is 1. The molecule has 1 N–H and O–H groups in total. The van der Waals surface area contributed by atoms with Crippen molar-refractivity contribution in [3.05, 3.63) is 48.2 Å². The summed E-state index contributed by atoms with van der Waals surface area (Å²) in [5.74, 6) is 1.96. The highest BCUT2D eigenvalue weighted by Crippen LogP contribution is 2.24. The summed E-state index contributed by atoms with van der Waals surface area (Å²) in [5.41, 5.74) is 1.03. The maximum Gasteiger partial charge on any atom is 0.151 e. The lowest BCUT2D eigenvalue weighted by molar-refractivity contribution is 0.444. The van der Waals surface area contributed by atoms with Crippen molar-refractivity contribution >= 4 is 9.84 Å². The van der Waals surface area contributed by atoms with Crippen LogP contribution in [0.25, 0.3) is 11.3 Å². The van der Waals surface area contributed by atoms with Gasteiger partial charge in [-0.1, -0.05) is 37.3 Å². The fraction of sp³-hybridized carbons (Fsp3) is 0.375. The summed E-state index contributed by atoms with van der Waals surface area (Å²) in [4.78, 5) is 0. The van der Waals surface area contributed by atoms with Crippen molar-refractivity contribution < 1.29 is 12.8 Å². The Balaban J connectivity index is 1.95. The van der Waals surface area contributed by atoms with Crippen LogP contribution in [-0.4, -0.2) is 26.5 Å². The topological polar surface area (TPSA) is 59.3 Å². The Morgan fingerprint density at radius 3 is 2.52 bits per heavy atom. The summed E-state index contributed by atoms with van der Waals surface area (Å²) in [7, 11) is -2.93. The highest BCUT2D eigenvalue weighted by molar-refractivity contribution is 7.91. The first kappa shape index (κ1) is 15.8. The average molecular weight is 307 g/mol. The van der Waals surface area contributed by atoms with E-state index in [0.29, 0.717) is 6.54 Å². The monoisotopic (exact) mass is 307 g/mol. The summed E-state index contributed by atoms with van der Waals surface area (Å²) in [5, 5.41) is 3.18. The van der Waals surface area contributed by atoms with Crippen LogP contribution >= 0.6 is 0 Å². The predicted molar refractivity (Wildman–Crippen MR) is 84.9 cm³/mol. The minimum atomic E-state index is -2.93. The lowest BCUT2D eigenvalue weighted by Crippen LogP contribution is -2.26. The van der Waals surface area contributed by atoms with Gasteiger partial charge in [-0.3, -0.25) is 0 Å². The molecule has 0 radical (unpaired) electrons. The van der Waals surface area contributed by atoms with Gasteiger partial charge >= 0.3 is 0 Å². The maximum atomic E-state index is 11.4. The second kappa shape index (κ2) is 6.91. The van der Waals surface area contributed by atoms with Crippen molar-refractivity contribution in [2.45, 2.75) is 19.9 Å². The summed E-state index contributed by atoms with van der Waals surface area (Å²) in [6.45, 7) is 4.06. The summed E-state index contributed by atoms with van der Waals surface area (Å²) in [6.07, 6.45) is 0. The van der Waals surface area contributed by atoms with Gasteiger partial charge in [0.1, 0.15) is 11.5 Å². The molecule has 0 fully saturated rings. The Bertz CT molecular complexity index is 662. The van der Waals surface area contributed by atoms with Crippen molar-refractivity contribution in [3.8, 4) is 11.3 Å². The van der Waals surface area contributed by atoms with Gasteiger partial charge in [0.25, 0.3) is 0 Å². The quantitative estimate of drug-likeness (QED) is 0.854. The minimum absolute atomic E-state index is 0.0190. The van der Waals surface area contributed by atoms with Crippen LogP contribution in [0, 0.1) is 0 Å². The van der Waals surface area contributed by atoms with Gasteiger partial charge < -0.3 is 9.73 Å². The summed E-state index contributed by atoms with van der Waals surface area (Å²) in [6, 6.07) is 13.7. The number of furan rings is 1. The maximum absolute atomic E-state index is 11.4. The van der Waals surface area contributed by atoms with Gasteiger partial charge in [0.05, 0.1) is 11.8 Å². The molecule has 1 atom stereocenters. The molecule has 1 heterocycles. The van der Waals surface area contributed by atoms with Crippen LogP contribution < -0.4 is 5.32 Å². The van der Waals surface area contributed by atoms with E-state index in [-0.39, 0.29) is 17.5 Å². The molecule has 1 aromatic carbocycles. The van der Waals surface area contributed by atoms with Crippen molar-refractivity contribution in [1.82, 2.24) is 5.32 Å². The van der Waals surface area contributed by atoms with Crippen LogP contribution in [0.3, 0.4) is 0 Å². The summed E-state index contributed by atoms with van der Waals surface area (Å²) >= 11 is 0. The first-order chi connectivity index (χ1) is 10.0. The molecule has 0 saturated carbocycles. The molecule has 2 aromatic rings. The lowest BCUT2D eigenvalue weighted by atomic mass is 10.2. The lowest BCUT2D eigenvalue weighted by Gasteiger charge is -2.11. The molecule has 0 aliphatic rings. The third kappa shape index (κ3) is 4.44. The number of rotatable bonds is 7. The standard InChI is InChI=1S/C16H21NO3S/c1-3-21(18,19)12-11-17-13(2)15-9-10-16(20-15)14-7-5-4-6-8-14/h4-10,13,17H,3,11-12H2,1-2H3. The van der Waals surface area contributed by atoms with Crippen molar-refractivity contribution in [1.29, 1.82) is 0 Å². The molecule has 5 heteroatoms. The fourth-order valence-electron chi connectivity index (χ4n) is 2.02. The van der Waals surface area contributed by atoms with E-state index in [1.54, 1.807) is 6.92 Å². The van der Waals surface area contributed by atoms with Gasteiger partial charge in [0.2, 0.25) is 0 Å². The van der Waals surface area contributed by atoms with E-state index >= 15 is 0 Å². The Kier molecular flexibility index (Phi) is 5.20. The molecular formula is C16H21NO3S. The van der Waals surface area contributed by atoms with Gasteiger partial charge in [0.15, 0.2) is 9.84 Å². The Hall–Kier alpha value is -1.59. The van der Waals surface area contributed by atoms with E-state index in [2.05, 4.69) is 5.32 Å². The number of hydrogen-bond acceptors (Lipinski definition) is 4. The third-order valence-corrected chi connectivity index (χ3v) is 5.12. The first-order valence-corrected chi connectivity index (χ1v) is 8.93. The van der Waals surface area contributed by atoms with E-state index in [1.807, 2.05) is 49.4 Å². The number of sulfone groups is 1. The van der Waals surface area contributed by atoms with Gasteiger partial charge in [-0.2, -0.15) is 0 Å². The zero-order valence-electron chi connectivity index (χ0n) is 12.4. The Morgan fingerprint density at radius 1 is 1.14 bits per heavy atom. The largest absolute Gasteiger partial charge is 0.459 e. The molecule has 114 valence electrons. The molecule has 2 rings (SSSR count). The zero-order chi connectivity index (χ0) is 15.3. The minimum Gasteiger partial charge on any atom is -0.459 e. The van der Waals surface area contributed by atoms with E-state index in [0.717, 1.165) is 17.1 Å². The first-order valence-electron chi connectivity index (χ1n) is 7.11. The molecule has 21 heavy (non-hydrogen) atoms. The molecule has 0 aliphatic heterocycles. The van der Waals surface area contributed by atoms with Crippen LogP contribution in [-0.2, 0) is 9.84 Å². The van der Waals surface area contributed by atoms with Crippen LogP contribution in [0.4, 0.5) is 0 Å². The van der Waals surface area contributed by atoms with Crippen LogP contribution in [0.1, 0.15) is 25.6 Å². The highest BCUT2D eigenvalue weighted by atomic mass is 32.2. The van der Waals surface area contributed by atoms with Gasteiger partial charge in [-0.15, -0.1) is 0 Å². The molecule has 0 amide bonds. The van der Waals surface area contributed by atoms with E-state index < -0.39 is 9.84 Å². The van der Waals surface area contributed by atoms with E-state index in [1.165, 1.54) is 0 Å². The highest BCUT2D eigenvalue weighted by Gasteiger charge is 2.13. The van der Waals surface area contributed by atoms with Crippen molar-refractivity contribution in [2.24, 2.45) is 0 Å². The average Bonchev–Trinajstić information content (AvgIpc) is 2.98. The molecule has 0 spiro atoms. The van der Waals surface area contributed by atoms with Crippen LogP contribution in [0.15, 0.2) is 46.9 Å². The Morgan fingerprint density at radius 2 is 1.86 bits per heavy atom. The second-order valence-electron chi connectivity index (χ2n) is 4.98. The smallest absolute Gasteiger partial charge is 0.151 e. The molecular weight excluding hydrogens is 286 g/mol. The van der Waals surface area contributed by atoms with Gasteiger partial charge in [0, 0.05) is 17.9 Å². The van der Waals surface area contributed by atoms with Crippen molar-refractivity contribution in [2.75, 3.05) is 18.1 Å². The molecule has 0 bridgehead atoms. The SMILES string of the molecule is CCS(=O)(=O)CCNC(C)c1ccc(-c2ccccc2)o1.